The lowest BCUT2D eigenvalue weighted by molar-refractivity contribution is 1.11. The van der Waals surface area contributed by atoms with Gasteiger partial charge >= 0.3 is 0 Å². The summed E-state index contributed by atoms with van der Waals surface area (Å²) in [6.07, 6.45) is 1.87. The number of hydrogen-bond acceptors (Lipinski definition) is 2. The molecule has 5 heterocycles. The number of benzene rings is 4. The number of nitrogens with one attached hydrogen (secondary N) is 1. The molecule has 39 heavy (non-hydrogen) atoms. The molecular formula is C34H21N5. The van der Waals surface area contributed by atoms with Gasteiger partial charge in [-0.25, -0.2) is 4.98 Å². The van der Waals surface area contributed by atoms with Gasteiger partial charge in [-0.3, -0.25) is 14.1 Å². The second-order valence-electron chi connectivity index (χ2n) is 10.0. The van der Waals surface area contributed by atoms with Crippen molar-refractivity contribution in [2.75, 3.05) is 0 Å². The molecule has 0 spiro atoms. The Morgan fingerprint density at radius 1 is 0.487 bits per heavy atom. The van der Waals surface area contributed by atoms with Gasteiger partial charge in [0.1, 0.15) is 11.3 Å². The van der Waals surface area contributed by atoms with E-state index in [4.69, 9.17) is 9.97 Å². The Kier molecular flexibility index (Phi) is 3.99. The molecule has 0 saturated carbocycles. The number of nitrogens with zero attached hydrogens (tertiary/aromatic N) is 4. The fourth-order valence-electron chi connectivity index (χ4n) is 6.19. The van der Waals surface area contributed by atoms with Crippen molar-refractivity contribution in [2.24, 2.45) is 0 Å². The van der Waals surface area contributed by atoms with E-state index >= 15 is 0 Å². The van der Waals surface area contributed by atoms with Crippen LogP contribution in [0, 0.1) is 0 Å². The van der Waals surface area contributed by atoms with Crippen LogP contribution in [0.2, 0.25) is 0 Å². The van der Waals surface area contributed by atoms with E-state index in [0.717, 1.165) is 61.0 Å². The molecule has 5 heteroatoms. The van der Waals surface area contributed by atoms with Crippen LogP contribution in [0.1, 0.15) is 0 Å². The van der Waals surface area contributed by atoms with E-state index < -0.39 is 0 Å². The van der Waals surface area contributed by atoms with Crippen LogP contribution in [-0.2, 0) is 0 Å². The first-order valence-corrected chi connectivity index (χ1v) is 13.1. The molecule has 1 N–H and O–H groups in total. The molecule has 0 radical (unpaired) electrons. The summed E-state index contributed by atoms with van der Waals surface area (Å²) >= 11 is 0. The minimum absolute atomic E-state index is 0.898. The number of pyridine rings is 2. The van der Waals surface area contributed by atoms with E-state index in [2.05, 4.69) is 117 Å². The average Bonchev–Trinajstić information content (AvgIpc) is 3.63. The number of H-pyrrole nitrogens is 1. The molecule has 0 atom stereocenters. The number of fused-ring (bicyclic) bond motifs is 9. The zero-order valence-electron chi connectivity index (χ0n) is 20.8. The van der Waals surface area contributed by atoms with Crippen molar-refractivity contribution < 1.29 is 0 Å². The van der Waals surface area contributed by atoms with Crippen LogP contribution < -0.4 is 0 Å². The smallest absolute Gasteiger partial charge is 0.149 e. The zero-order valence-corrected chi connectivity index (χ0v) is 20.8. The molecule has 0 aliphatic heterocycles. The van der Waals surface area contributed by atoms with E-state index in [9.17, 15) is 0 Å². The molecule has 0 aliphatic rings. The highest BCUT2D eigenvalue weighted by atomic mass is 15.1. The second kappa shape index (κ2) is 7.55. The molecule has 4 aromatic carbocycles. The van der Waals surface area contributed by atoms with Crippen molar-refractivity contribution in [1.82, 2.24) is 24.1 Å². The van der Waals surface area contributed by atoms with Gasteiger partial charge in [0.25, 0.3) is 0 Å². The van der Waals surface area contributed by atoms with Crippen LogP contribution in [0.15, 0.2) is 121 Å². The molecule has 9 rings (SSSR count). The topological polar surface area (TPSA) is 51.4 Å². The number of aromatic amines is 1. The summed E-state index contributed by atoms with van der Waals surface area (Å²) in [5.74, 6) is 0. The monoisotopic (exact) mass is 499 g/mol. The summed E-state index contributed by atoms with van der Waals surface area (Å²) in [5.41, 5.74) is 9.40. The van der Waals surface area contributed by atoms with Crippen molar-refractivity contribution in [2.45, 2.75) is 0 Å². The molecule has 0 saturated heterocycles. The second-order valence-corrected chi connectivity index (χ2v) is 10.0. The van der Waals surface area contributed by atoms with Crippen LogP contribution in [-0.4, -0.2) is 24.1 Å². The lowest BCUT2D eigenvalue weighted by Crippen LogP contribution is -1.98. The highest BCUT2D eigenvalue weighted by molar-refractivity contribution is 6.16. The number of aromatic nitrogens is 5. The summed E-state index contributed by atoms with van der Waals surface area (Å²) in [7, 11) is 0. The largest absolute Gasteiger partial charge is 0.355 e. The quantitative estimate of drug-likeness (QED) is 0.260. The molecule has 0 bridgehead atoms. The summed E-state index contributed by atoms with van der Waals surface area (Å²) in [6.45, 7) is 0. The van der Waals surface area contributed by atoms with Crippen molar-refractivity contribution in [3.05, 3.63) is 121 Å². The van der Waals surface area contributed by atoms with Crippen LogP contribution in [0.3, 0.4) is 0 Å². The SMILES string of the molecule is c1ccc(-n2c3ccccc3c3cc4c5ncccc5n(-c5ccc6[nH]c7ccccc7c6c5)c4nc32)cc1. The molecule has 9 aromatic rings. The fraction of sp³-hybridized carbons (Fsp3) is 0. The van der Waals surface area contributed by atoms with Gasteiger partial charge in [0.05, 0.1) is 16.6 Å². The lowest BCUT2D eigenvalue weighted by atomic mass is 10.1. The third-order valence-electron chi connectivity index (χ3n) is 7.89. The summed E-state index contributed by atoms with van der Waals surface area (Å²) < 4.78 is 4.52. The van der Waals surface area contributed by atoms with Gasteiger partial charge in [0, 0.05) is 55.5 Å². The molecule has 5 nitrogen and oxygen atoms in total. The summed E-state index contributed by atoms with van der Waals surface area (Å²) in [5, 5.41) is 5.77. The number of para-hydroxylation sites is 3. The maximum Gasteiger partial charge on any atom is 0.149 e. The Balaban J connectivity index is 1.44. The van der Waals surface area contributed by atoms with Gasteiger partial charge in [-0.05, 0) is 60.7 Å². The molecule has 5 aromatic heterocycles. The normalized spacial score (nSPS) is 12.1. The van der Waals surface area contributed by atoms with Gasteiger partial charge in [0.15, 0.2) is 0 Å². The zero-order chi connectivity index (χ0) is 25.5. The van der Waals surface area contributed by atoms with Crippen LogP contribution in [0.5, 0.6) is 0 Å². The number of rotatable bonds is 2. The Morgan fingerprint density at radius 3 is 2.13 bits per heavy atom. The molecular weight excluding hydrogens is 478 g/mol. The molecule has 0 fully saturated rings. The summed E-state index contributed by atoms with van der Waals surface area (Å²) in [6, 6.07) is 40.5. The first-order chi connectivity index (χ1) is 19.3. The average molecular weight is 500 g/mol. The Labute approximate surface area is 222 Å². The first-order valence-electron chi connectivity index (χ1n) is 13.1. The predicted molar refractivity (Wildman–Crippen MR) is 160 cm³/mol. The van der Waals surface area contributed by atoms with Gasteiger partial charge < -0.3 is 4.98 Å². The molecule has 0 aliphatic carbocycles. The van der Waals surface area contributed by atoms with Crippen molar-refractivity contribution in [1.29, 1.82) is 0 Å². The lowest BCUT2D eigenvalue weighted by Gasteiger charge is -2.09. The Bertz CT molecular complexity index is 2390. The molecule has 0 unspecified atom stereocenters. The van der Waals surface area contributed by atoms with Crippen molar-refractivity contribution >= 4 is 65.8 Å². The van der Waals surface area contributed by atoms with Gasteiger partial charge in [0.2, 0.25) is 0 Å². The van der Waals surface area contributed by atoms with E-state index in [1.165, 1.54) is 16.2 Å². The summed E-state index contributed by atoms with van der Waals surface area (Å²) in [4.78, 5) is 13.8. The van der Waals surface area contributed by atoms with Crippen molar-refractivity contribution in [3.63, 3.8) is 0 Å². The highest BCUT2D eigenvalue weighted by Crippen LogP contribution is 2.38. The Morgan fingerprint density at radius 2 is 1.21 bits per heavy atom. The standard InChI is InChI=1S/C34H21N5/c1-2-9-21(10-3-1)38-30-14-7-5-12-24(30)26-20-27-32-31(15-8-18-35-32)39(34(27)37-33(26)38)22-16-17-29-25(19-22)23-11-4-6-13-28(23)36-29/h1-20,36H. The third kappa shape index (κ3) is 2.79. The molecule has 182 valence electrons. The first kappa shape index (κ1) is 20.6. The van der Waals surface area contributed by atoms with E-state index in [1.54, 1.807) is 0 Å². The van der Waals surface area contributed by atoms with Gasteiger partial charge in [-0.2, -0.15) is 0 Å². The minimum atomic E-state index is 0.898. The van der Waals surface area contributed by atoms with Crippen LogP contribution in [0.25, 0.3) is 77.2 Å². The van der Waals surface area contributed by atoms with Crippen LogP contribution >= 0.6 is 0 Å². The Hall–Kier alpha value is -5.42. The number of hydrogen-bond donors (Lipinski definition) is 1. The molecule has 0 amide bonds. The maximum absolute atomic E-state index is 5.41. The van der Waals surface area contributed by atoms with E-state index in [-0.39, 0.29) is 0 Å². The third-order valence-corrected chi connectivity index (χ3v) is 7.89. The van der Waals surface area contributed by atoms with Gasteiger partial charge in [-0.1, -0.05) is 54.6 Å². The van der Waals surface area contributed by atoms with E-state index in [1.807, 2.05) is 18.3 Å². The maximum atomic E-state index is 5.41. The highest BCUT2D eigenvalue weighted by Gasteiger charge is 2.20. The fourth-order valence-corrected chi connectivity index (χ4v) is 6.19. The van der Waals surface area contributed by atoms with Crippen LogP contribution in [0.4, 0.5) is 0 Å². The van der Waals surface area contributed by atoms with E-state index in [0.29, 0.717) is 0 Å². The van der Waals surface area contributed by atoms with Gasteiger partial charge in [-0.15, -0.1) is 0 Å². The predicted octanol–water partition coefficient (Wildman–Crippen LogP) is 8.31. The minimum Gasteiger partial charge on any atom is -0.355 e. The van der Waals surface area contributed by atoms with Crippen molar-refractivity contribution in [3.8, 4) is 11.4 Å².